The molecule has 0 aliphatic carbocycles. The molecule has 4 heterocycles. The van der Waals surface area contributed by atoms with Crippen molar-refractivity contribution in [3.8, 4) is 0 Å². The second-order valence-corrected chi connectivity index (χ2v) is 21.5. The number of benzene rings is 3. The minimum absolute atomic E-state index is 0.0119. The maximum atomic E-state index is 15.0. The van der Waals surface area contributed by atoms with Gasteiger partial charge in [0.2, 0.25) is 11.8 Å². The van der Waals surface area contributed by atoms with Crippen LogP contribution in [0.25, 0.3) is 0 Å². The summed E-state index contributed by atoms with van der Waals surface area (Å²) < 4.78 is 20.7. The van der Waals surface area contributed by atoms with Crippen molar-refractivity contribution in [2.75, 3.05) is 0 Å². The molecule has 0 radical (unpaired) electrons. The highest BCUT2D eigenvalue weighted by Gasteiger charge is 2.52. The van der Waals surface area contributed by atoms with Crippen molar-refractivity contribution in [2.45, 2.75) is 122 Å². The highest BCUT2D eigenvalue weighted by molar-refractivity contribution is 6.75. The van der Waals surface area contributed by atoms with Gasteiger partial charge in [-0.2, -0.15) is 0 Å². The number of amides is 5. The zero-order chi connectivity index (χ0) is 57.7. The molecular formula is C58H70B3N11O9. The van der Waals surface area contributed by atoms with Crippen LogP contribution in [0.2, 0.25) is 5.82 Å². The van der Waals surface area contributed by atoms with Crippen LogP contribution < -0.4 is 26.6 Å². The second kappa shape index (κ2) is 30.5. The summed E-state index contributed by atoms with van der Waals surface area (Å²) in [6.07, 6.45) is 13.8. The molecule has 1 aliphatic rings. The molecule has 0 bridgehead atoms. The first-order valence-electron chi connectivity index (χ1n) is 27.5. The standard InChI is InChI=1S/C58H70B3N11O9/c1-38(2)28-44(34-51(73)45(31-41-16-10-7-11-17-41)68-56(76)48-35-62-22-25-65-48)59-79-60(52(29-39(3)4)71-54(74)46(32-42-18-12-8-13-19-42)69-57(77)49-36-63-23-26-66-49)81-61(80-59)53(30-40(5)6)72-55(75)47(33-43-20-14-9-15-21-43)70-58(78)50-37-64-24-27-67-50/h7-27,35-40,44-47,52-53H,28-34H2,1-6H3,(H,68,76)(H,69,77)(H,70,78)(H,71,74)(H,72,75)/t44-,45+,46+,47+,52+,53+/m1/s1. The van der Waals surface area contributed by atoms with E-state index in [4.69, 9.17) is 13.7 Å². The van der Waals surface area contributed by atoms with E-state index in [9.17, 15) is 24.0 Å². The fraction of sp³-hybridized carbons (Fsp3) is 0.379. The van der Waals surface area contributed by atoms with Gasteiger partial charge in [-0.25, -0.2) is 15.0 Å². The first-order valence-corrected chi connectivity index (χ1v) is 27.5. The molecule has 6 atom stereocenters. The van der Waals surface area contributed by atoms with E-state index < -0.39 is 86.7 Å². The molecule has 3 aromatic heterocycles. The molecule has 0 unspecified atom stereocenters. The maximum absolute atomic E-state index is 15.0. The van der Waals surface area contributed by atoms with Gasteiger partial charge < -0.3 is 40.3 Å². The predicted molar refractivity (Wildman–Crippen MR) is 306 cm³/mol. The Morgan fingerprint density at radius 3 is 1.09 bits per heavy atom. The predicted octanol–water partition coefficient (Wildman–Crippen LogP) is 5.52. The molecule has 5 amide bonds. The smallest absolute Gasteiger partial charge is 0.451 e. The Hall–Kier alpha value is -8.01. The summed E-state index contributed by atoms with van der Waals surface area (Å²) in [4.78, 5) is 111. The summed E-state index contributed by atoms with van der Waals surface area (Å²) in [5, 5.41) is 15.0. The van der Waals surface area contributed by atoms with E-state index in [0.717, 1.165) is 16.7 Å². The molecule has 1 fully saturated rings. The monoisotopic (exact) mass is 1100 g/mol. The molecule has 0 spiro atoms. The minimum Gasteiger partial charge on any atom is -0.451 e. The van der Waals surface area contributed by atoms with Gasteiger partial charge in [-0.3, -0.25) is 43.7 Å². The van der Waals surface area contributed by atoms with Gasteiger partial charge in [-0.05, 0) is 65.9 Å². The summed E-state index contributed by atoms with van der Waals surface area (Å²) >= 11 is 0. The Kier molecular flexibility index (Phi) is 22.9. The number of hydrogen-bond donors (Lipinski definition) is 5. The van der Waals surface area contributed by atoms with Crippen molar-refractivity contribution >= 4 is 56.7 Å². The number of nitrogens with zero attached hydrogens (tertiary/aromatic N) is 6. The van der Waals surface area contributed by atoms with Crippen LogP contribution in [0.4, 0.5) is 0 Å². The van der Waals surface area contributed by atoms with Crippen LogP contribution in [-0.2, 0) is 47.4 Å². The average molecular weight is 1100 g/mol. The number of nitrogens with one attached hydrogen (secondary N) is 5. The minimum atomic E-state index is -1.27. The first-order chi connectivity index (χ1) is 39.1. The molecular weight excluding hydrogens is 1030 g/mol. The normalized spacial score (nSPS) is 14.8. The van der Waals surface area contributed by atoms with Crippen molar-refractivity contribution in [3.63, 3.8) is 0 Å². The number of carbonyl (C=O) groups is 6. The number of hydrogen-bond acceptors (Lipinski definition) is 15. The third-order valence-electron chi connectivity index (χ3n) is 13.4. The lowest BCUT2D eigenvalue weighted by molar-refractivity contribution is -0.124. The molecule has 0 saturated carbocycles. The van der Waals surface area contributed by atoms with Gasteiger partial charge >= 0.3 is 21.4 Å². The quantitative estimate of drug-likeness (QED) is 0.0379. The van der Waals surface area contributed by atoms with Gasteiger partial charge in [0.25, 0.3) is 17.7 Å². The van der Waals surface area contributed by atoms with Gasteiger partial charge in [-0.15, -0.1) is 0 Å². The zero-order valence-corrected chi connectivity index (χ0v) is 46.6. The fourth-order valence-corrected chi connectivity index (χ4v) is 9.61. The van der Waals surface area contributed by atoms with Gasteiger partial charge in [0.05, 0.1) is 36.5 Å². The largest absolute Gasteiger partial charge is 0.453 e. The van der Waals surface area contributed by atoms with Crippen LogP contribution in [0.3, 0.4) is 0 Å². The Labute approximate surface area is 474 Å². The number of Topliss-reactive ketones (excluding diaryl/α,β-unsaturated/α-hetero) is 1. The Morgan fingerprint density at radius 1 is 0.420 bits per heavy atom. The van der Waals surface area contributed by atoms with Crippen molar-refractivity contribution in [2.24, 2.45) is 17.8 Å². The van der Waals surface area contributed by atoms with E-state index in [1.54, 1.807) is 0 Å². The molecule has 7 rings (SSSR count). The van der Waals surface area contributed by atoms with Gasteiger partial charge in [0.1, 0.15) is 29.2 Å². The van der Waals surface area contributed by atoms with Crippen LogP contribution >= 0.6 is 0 Å². The van der Waals surface area contributed by atoms with Crippen LogP contribution in [-0.4, -0.2) is 117 Å². The number of ketones is 1. The van der Waals surface area contributed by atoms with Gasteiger partial charge in [0.15, 0.2) is 5.78 Å². The molecule has 6 aromatic rings. The average Bonchev–Trinajstić information content (AvgIpc) is 3.50. The third-order valence-corrected chi connectivity index (χ3v) is 13.4. The van der Waals surface area contributed by atoms with Crippen molar-refractivity contribution in [1.29, 1.82) is 0 Å². The van der Waals surface area contributed by atoms with E-state index in [2.05, 4.69) is 56.5 Å². The third kappa shape index (κ3) is 19.1. The summed E-state index contributed by atoms with van der Waals surface area (Å²) in [6, 6.07) is 24.6. The van der Waals surface area contributed by atoms with Crippen LogP contribution in [0.5, 0.6) is 0 Å². The molecule has 1 saturated heterocycles. The molecule has 1 aliphatic heterocycles. The summed E-state index contributed by atoms with van der Waals surface area (Å²) in [7, 11) is -3.73. The van der Waals surface area contributed by atoms with Crippen LogP contribution in [0.15, 0.2) is 147 Å². The van der Waals surface area contributed by atoms with Gasteiger partial charge in [-0.1, -0.05) is 133 Å². The number of carbonyl (C=O) groups excluding carboxylic acids is 6. The number of rotatable bonds is 28. The molecule has 420 valence electrons. The zero-order valence-electron chi connectivity index (χ0n) is 46.6. The summed E-state index contributed by atoms with van der Waals surface area (Å²) in [5.41, 5.74) is 2.45. The highest BCUT2D eigenvalue weighted by atomic mass is 16.7. The van der Waals surface area contributed by atoms with Crippen molar-refractivity contribution in [1.82, 2.24) is 56.5 Å². The fourth-order valence-electron chi connectivity index (χ4n) is 9.61. The molecule has 81 heavy (non-hydrogen) atoms. The topological polar surface area (TPSA) is 268 Å². The van der Waals surface area contributed by atoms with Crippen molar-refractivity contribution in [3.05, 3.63) is 181 Å². The molecule has 20 nitrogen and oxygen atoms in total. The van der Waals surface area contributed by atoms with Crippen LogP contribution in [0, 0.1) is 17.8 Å². The SMILES string of the molecule is CC(C)C[C@H](CC(=O)[C@H](Cc1ccccc1)NC(=O)c1cnccn1)B1OB([C@H](CC(C)C)NC(=O)[C@H](Cc2ccccc2)NC(=O)c2cnccn2)OB([C@H](CC(C)C)NC(=O)[C@H](Cc2ccccc2)NC(=O)c2cnccn2)O1. The summed E-state index contributed by atoms with van der Waals surface area (Å²) in [5.74, 6) is -5.80. The van der Waals surface area contributed by atoms with E-state index in [0.29, 0.717) is 19.3 Å². The lowest BCUT2D eigenvalue weighted by Crippen LogP contribution is -2.66. The van der Waals surface area contributed by atoms with Crippen molar-refractivity contribution < 1.29 is 42.5 Å². The first kappa shape index (κ1) is 60.6. The molecule has 5 N–H and O–H groups in total. The molecule has 3 aromatic carbocycles. The van der Waals surface area contributed by atoms with E-state index in [1.165, 1.54) is 55.8 Å². The Morgan fingerprint density at radius 2 is 0.753 bits per heavy atom. The Bertz CT molecular complexity index is 2630. The van der Waals surface area contributed by atoms with E-state index in [1.807, 2.05) is 133 Å². The van der Waals surface area contributed by atoms with Gasteiger partial charge in [0, 0.05) is 56.4 Å². The van der Waals surface area contributed by atoms with Crippen LogP contribution in [0.1, 0.15) is 115 Å². The second-order valence-electron chi connectivity index (χ2n) is 21.5. The molecule has 23 heteroatoms. The van der Waals surface area contributed by atoms with E-state index >= 15 is 4.79 Å². The number of aromatic nitrogens is 6. The summed E-state index contributed by atoms with van der Waals surface area (Å²) in [6.45, 7) is 12.0. The lowest BCUT2D eigenvalue weighted by Gasteiger charge is -2.41. The highest BCUT2D eigenvalue weighted by Crippen LogP contribution is 2.33. The Balaban J connectivity index is 1.25. The van der Waals surface area contributed by atoms with E-state index in [-0.39, 0.29) is 66.3 Å². The lowest BCUT2D eigenvalue weighted by atomic mass is 9.55. The maximum Gasteiger partial charge on any atom is 0.453 e.